The maximum atomic E-state index is 12.7. The lowest BCUT2D eigenvalue weighted by Crippen LogP contribution is -2.42. The van der Waals surface area contributed by atoms with Crippen LogP contribution in [0.4, 0.5) is 5.82 Å². The third-order valence-electron chi connectivity index (χ3n) is 6.61. The summed E-state index contributed by atoms with van der Waals surface area (Å²) in [5, 5.41) is 20.1. The highest BCUT2D eigenvalue weighted by Crippen LogP contribution is 2.26. The number of anilines is 1. The molecule has 2 aromatic rings. The molecule has 1 atom stereocenters. The maximum Gasteiger partial charge on any atom is 0.253 e. The predicted molar refractivity (Wildman–Crippen MR) is 147 cm³/mol. The van der Waals surface area contributed by atoms with Crippen LogP contribution in [0.15, 0.2) is 36.5 Å². The van der Waals surface area contributed by atoms with Crippen LogP contribution in [0.25, 0.3) is 0 Å². The van der Waals surface area contributed by atoms with Crippen molar-refractivity contribution in [2.24, 2.45) is 0 Å². The van der Waals surface area contributed by atoms with Crippen molar-refractivity contribution in [2.75, 3.05) is 31.5 Å². The smallest absolute Gasteiger partial charge is 0.253 e. The van der Waals surface area contributed by atoms with Gasteiger partial charge < -0.3 is 26.0 Å². The highest BCUT2D eigenvalue weighted by molar-refractivity contribution is 6.36. The molecular weight excluding hydrogens is 525 g/mol. The molecule has 2 heterocycles. The molecule has 0 spiro atoms. The van der Waals surface area contributed by atoms with Gasteiger partial charge in [-0.3, -0.25) is 9.59 Å². The van der Waals surface area contributed by atoms with Gasteiger partial charge in [0.25, 0.3) is 5.91 Å². The fraction of sp³-hybridized carbons (Fsp3) is 0.480. The molecule has 36 heavy (non-hydrogen) atoms. The van der Waals surface area contributed by atoms with Gasteiger partial charge in [-0.1, -0.05) is 35.9 Å². The van der Waals surface area contributed by atoms with Crippen molar-refractivity contribution in [3.8, 4) is 0 Å². The molecule has 1 aliphatic carbocycles. The number of benzene rings is 1. The van der Waals surface area contributed by atoms with E-state index in [4.69, 9.17) is 11.6 Å². The van der Waals surface area contributed by atoms with Crippen molar-refractivity contribution in [1.29, 1.82) is 0 Å². The predicted octanol–water partition coefficient (Wildman–Crippen LogP) is 2.85. The fourth-order valence-corrected chi connectivity index (χ4v) is 4.89. The highest BCUT2D eigenvalue weighted by atomic mass is 35.5. The Morgan fingerprint density at radius 2 is 1.72 bits per heavy atom. The van der Waals surface area contributed by atoms with Crippen LogP contribution in [0.5, 0.6) is 0 Å². The Morgan fingerprint density at radius 3 is 2.33 bits per heavy atom. The number of piperidine rings is 1. The van der Waals surface area contributed by atoms with Crippen molar-refractivity contribution in [3.63, 3.8) is 0 Å². The van der Waals surface area contributed by atoms with E-state index in [1.165, 1.54) is 11.1 Å². The number of rotatable bonds is 8. The standard InChI is InChI=1S/C25H32ClN5O3.2ClH/c1-16(32)31-10-7-19(8-11-31)30-24-23(26)22(6-9-27-24)25(34)29-15-21(33)14-28-20-12-17-4-2-3-5-18(17)13-20;;/h2-6,9,19-21,28,33H,7-8,10-15H2,1H3,(H,27,30)(H,29,34);2*1H/t21-;;/m0../s1. The monoisotopic (exact) mass is 557 g/mol. The first-order chi connectivity index (χ1) is 16.4. The minimum atomic E-state index is -0.711. The number of nitrogens with zero attached hydrogens (tertiary/aromatic N) is 2. The lowest BCUT2D eigenvalue weighted by atomic mass is 10.0. The molecule has 0 radical (unpaired) electrons. The number of hydrogen-bond donors (Lipinski definition) is 4. The number of nitrogens with one attached hydrogen (secondary N) is 3. The van der Waals surface area contributed by atoms with Gasteiger partial charge in [-0.05, 0) is 42.9 Å². The van der Waals surface area contributed by atoms with Crippen LogP contribution in [0.3, 0.4) is 0 Å². The van der Waals surface area contributed by atoms with Crippen LogP contribution in [0.2, 0.25) is 5.02 Å². The van der Waals surface area contributed by atoms with Crippen LogP contribution < -0.4 is 16.0 Å². The second-order valence-corrected chi connectivity index (χ2v) is 9.47. The summed E-state index contributed by atoms with van der Waals surface area (Å²) in [6.45, 7) is 3.47. The SMILES string of the molecule is CC(=O)N1CCC(Nc2nccc(C(=O)NC[C@@H](O)CNC3Cc4ccccc4C3)c2Cl)CC1.Cl.Cl. The zero-order chi connectivity index (χ0) is 24.1. The van der Waals surface area contributed by atoms with Gasteiger partial charge in [-0.25, -0.2) is 4.98 Å². The van der Waals surface area contributed by atoms with Gasteiger partial charge in [0.05, 0.1) is 16.7 Å². The van der Waals surface area contributed by atoms with Gasteiger partial charge in [0.15, 0.2) is 0 Å². The number of pyridine rings is 1. The largest absolute Gasteiger partial charge is 0.390 e. The van der Waals surface area contributed by atoms with Crippen LogP contribution in [0.1, 0.15) is 41.3 Å². The Labute approximate surface area is 229 Å². The zero-order valence-corrected chi connectivity index (χ0v) is 22.6. The van der Waals surface area contributed by atoms with E-state index in [-0.39, 0.29) is 54.2 Å². The highest BCUT2D eigenvalue weighted by Gasteiger charge is 2.24. The second kappa shape index (κ2) is 14.0. The summed E-state index contributed by atoms with van der Waals surface area (Å²) in [4.78, 5) is 30.3. The van der Waals surface area contributed by atoms with Crippen LogP contribution >= 0.6 is 36.4 Å². The normalized spacial score (nSPS) is 16.4. The van der Waals surface area contributed by atoms with Crippen LogP contribution in [-0.2, 0) is 17.6 Å². The Morgan fingerprint density at radius 1 is 1.08 bits per heavy atom. The van der Waals surface area contributed by atoms with Gasteiger partial charge in [-0.2, -0.15) is 0 Å². The average Bonchev–Trinajstić information content (AvgIpc) is 3.26. The number of carbonyl (C=O) groups excluding carboxylic acids is 2. The molecular formula is C25H34Cl3N5O3. The number of likely N-dealkylation sites (tertiary alicyclic amines) is 1. The van der Waals surface area contributed by atoms with E-state index >= 15 is 0 Å². The van der Waals surface area contributed by atoms with Crippen molar-refractivity contribution in [1.82, 2.24) is 20.5 Å². The third kappa shape index (κ3) is 7.70. The first kappa shape index (κ1) is 30.1. The summed E-state index contributed by atoms with van der Waals surface area (Å²) < 4.78 is 0. The third-order valence-corrected chi connectivity index (χ3v) is 6.99. The average molecular weight is 559 g/mol. The topological polar surface area (TPSA) is 107 Å². The number of fused-ring (bicyclic) bond motifs is 1. The lowest BCUT2D eigenvalue weighted by molar-refractivity contribution is -0.129. The van der Waals surface area contributed by atoms with Gasteiger partial charge in [0, 0.05) is 51.4 Å². The van der Waals surface area contributed by atoms with E-state index < -0.39 is 6.10 Å². The minimum absolute atomic E-state index is 0. The molecule has 2 amide bonds. The van der Waals surface area contributed by atoms with Gasteiger partial charge in [0.1, 0.15) is 5.82 Å². The molecule has 0 saturated carbocycles. The van der Waals surface area contributed by atoms with E-state index in [0.717, 1.165) is 25.7 Å². The summed E-state index contributed by atoms with van der Waals surface area (Å²) in [5.74, 6) is 0.187. The Balaban J connectivity index is 0.00000228. The van der Waals surface area contributed by atoms with Crippen LogP contribution in [-0.4, -0.2) is 71.2 Å². The first-order valence-corrected chi connectivity index (χ1v) is 12.2. The van der Waals surface area contributed by atoms with E-state index in [0.29, 0.717) is 37.1 Å². The lowest BCUT2D eigenvalue weighted by Gasteiger charge is -2.32. The number of aliphatic hydroxyl groups excluding tert-OH is 1. The fourth-order valence-electron chi connectivity index (χ4n) is 4.64. The number of aromatic nitrogens is 1. The Kier molecular flexibility index (Phi) is 11.7. The summed E-state index contributed by atoms with van der Waals surface area (Å²) >= 11 is 6.48. The Bertz CT molecular complexity index is 1010. The molecule has 8 nitrogen and oxygen atoms in total. The zero-order valence-electron chi connectivity index (χ0n) is 20.2. The summed E-state index contributed by atoms with van der Waals surface area (Å²) in [6.07, 6.45) is 4.32. The minimum Gasteiger partial charge on any atom is -0.390 e. The molecule has 1 saturated heterocycles. The van der Waals surface area contributed by atoms with Crippen molar-refractivity contribution in [3.05, 3.63) is 58.2 Å². The van der Waals surface area contributed by atoms with E-state index in [2.05, 4.69) is 33.1 Å². The molecule has 0 unspecified atom stereocenters. The molecule has 11 heteroatoms. The van der Waals surface area contributed by atoms with Crippen LogP contribution in [0, 0.1) is 0 Å². The summed E-state index contributed by atoms with van der Waals surface area (Å²) in [7, 11) is 0. The van der Waals surface area contributed by atoms with Gasteiger partial charge in [0.2, 0.25) is 5.91 Å². The van der Waals surface area contributed by atoms with E-state index in [9.17, 15) is 14.7 Å². The van der Waals surface area contributed by atoms with Gasteiger partial charge in [-0.15, -0.1) is 24.8 Å². The van der Waals surface area contributed by atoms with E-state index in [1.54, 1.807) is 19.2 Å². The number of hydrogen-bond acceptors (Lipinski definition) is 6. The molecule has 1 fully saturated rings. The number of amides is 2. The van der Waals surface area contributed by atoms with E-state index in [1.807, 2.05) is 17.0 Å². The molecule has 0 bridgehead atoms. The number of aliphatic hydroxyl groups is 1. The summed E-state index contributed by atoms with van der Waals surface area (Å²) in [5.41, 5.74) is 3.01. The van der Waals surface area contributed by atoms with Crippen molar-refractivity contribution in [2.45, 2.75) is 50.8 Å². The molecule has 1 aromatic heterocycles. The van der Waals surface area contributed by atoms with Crippen molar-refractivity contribution >= 4 is 54.0 Å². The maximum absolute atomic E-state index is 12.7. The second-order valence-electron chi connectivity index (χ2n) is 9.09. The molecule has 4 rings (SSSR count). The number of halogens is 3. The van der Waals surface area contributed by atoms with Crippen molar-refractivity contribution < 1.29 is 14.7 Å². The molecule has 198 valence electrons. The summed E-state index contributed by atoms with van der Waals surface area (Å²) in [6, 6.07) is 10.4. The van der Waals surface area contributed by atoms with Gasteiger partial charge >= 0.3 is 0 Å². The number of carbonyl (C=O) groups is 2. The molecule has 2 aliphatic rings. The quantitative estimate of drug-likeness (QED) is 0.397. The first-order valence-electron chi connectivity index (χ1n) is 11.8. The molecule has 1 aromatic carbocycles. The molecule has 4 N–H and O–H groups in total. The Hall–Kier alpha value is -2.10. The molecule has 1 aliphatic heterocycles.